The van der Waals surface area contributed by atoms with Crippen LogP contribution in [-0.4, -0.2) is 34.6 Å². The molecule has 1 fully saturated rings. The summed E-state index contributed by atoms with van der Waals surface area (Å²) in [4.78, 5) is 18.9. The Kier molecular flexibility index (Phi) is 4.48. The molecule has 1 amide bonds. The van der Waals surface area contributed by atoms with Gasteiger partial charge < -0.3 is 14.2 Å². The molecule has 6 heteroatoms. The molecule has 2 atom stereocenters. The zero-order valence-corrected chi connectivity index (χ0v) is 12.5. The largest absolute Gasteiger partial charge is 0.367 e. The van der Waals surface area contributed by atoms with Gasteiger partial charge in [0.25, 0.3) is 5.91 Å². The fraction of sp³-hybridized carbons (Fsp3) is 0.438. The van der Waals surface area contributed by atoms with Crippen LogP contribution in [0.2, 0.25) is 0 Å². The van der Waals surface area contributed by atoms with E-state index >= 15 is 0 Å². The Morgan fingerprint density at radius 2 is 2.18 bits per heavy atom. The number of piperidine rings is 1. The Labute approximate surface area is 129 Å². The summed E-state index contributed by atoms with van der Waals surface area (Å²) in [5.74, 6) is 0.513. The van der Waals surface area contributed by atoms with E-state index in [1.165, 1.54) is 6.39 Å². The summed E-state index contributed by atoms with van der Waals surface area (Å²) in [6.45, 7) is 0.685. The third-order valence-corrected chi connectivity index (χ3v) is 4.02. The summed E-state index contributed by atoms with van der Waals surface area (Å²) in [5, 5.41) is 3.91. The second-order valence-corrected chi connectivity index (χ2v) is 5.36. The number of benzene rings is 1. The summed E-state index contributed by atoms with van der Waals surface area (Å²) in [6.07, 6.45) is 3.57. The van der Waals surface area contributed by atoms with Gasteiger partial charge in [0.2, 0.25) is 6.39 Å². The molecule has 1 aromatic carbocycles. The molecule has 3 rings (SSSR count). The van der Waals surface area contributed by atoms with Gasteiger partial charge >= 0.3 is 0 Å². The lowest BCUT2D eigenvalue weighted by Gasteiger charge is -2.35. The van der Waals surface area contributed by atoms with Gasteiger partial charge in [0, 0.05) is 13.7 Å². The topological polar surface area (TPSA) is 68.5 Å². The Hall–Kier alpha value is -2.21. The standard InChI is InChI=1S/C16H19N3O3/c1-21-14(12-7-3-2-4-8-12)16(20)19-10-6-5-9-13(19)15-17-11-22-18-15/h2-4,7-8,11,13-14H,5-6,9-10H2,1H3/t13-,14-/m0/s1. The van der Waals surface area contributed by atoms with Crippen molar-refractivity contribution in [2.45, 2.75) is 31.4 Å². The molecule has 2 aromatic rings. The molecule has 22 heavy (non-hydrogen) atoms. The molecular weight excluding hydrogens is 282 g/mol. The highest BCUT2D eigenvalue weighted by Gasteiger charge is 2.35. The number of hydrogen-bond donors (Lipinski definition) is 0. The molecule has 0 N–H and O–H groups in total. The van der Waals surface area contributed by atoms with E-state index in [-0.39, 0.29) is 11.9 Å². The normalized spacial score (nSPS) is 19.9. The molecule has 1 saturated heterocycles. The number of hydrogen-bond acceptors (Lipinski definition) is 5. The molecule has 0 spiro atoms. The van der Waals surface area contributed by atoms with Crippen molar-refractivity contribution in [2.75, 3.05) is 13.7 Å². The lowest BCUT2D eigenvalue weighted by Crippen LogP contribution is -2.42. The molecule has 0 saturated carbocycles. The van der Waals surface area contributed by atoms with Gasteiger partial charge in [-0.15, -0.1) is 0 Å². The average molecular weight is 301 g/mol. The van der Waals surface area contributed by atoms with Crippen LogP contribution < -0.4 is 0 Å². The van der Waals surface area contributed by atoms with Gasteiger partial charge in [-0.05, 0) is 24.8 Å². The molecule has 1 aliphatic rings. The van der Waals surface area contributed by atoms with E-state index in [1.54, 1.807) is 7.11 Å². The van der Waals surface area contributed by atoms with Crippen molar-refractivity contribution in [2.24, 2.45) is 0 Å². The summed E-state index contributed by atoms with van der Waals surface area (Å²) in [6, 6.07) is 9.40. The lowest BCUT2D eigenvalue weighted by molar-refractivity contribution is -0.146. The van der Waals surface area contributed by atoms with Gasteiger partial charge in [-0.1, -0.05) is 35.5 Å². The van der Waals surface area contributed by atoms with Gasteiger partial charge in [0.05, 0.1) is 6.04 Å². The third-order valence-electron chi connectivity index (χ3n) is 4.02. The summed E-state index contributed by atoms with van der Waals surface area (Å²) >= 11 is 0. The van der Waals surface area contributed by atoms with Crippen LogP contribution in [0.25, 0.3) is 0 Å². The number of amides is 1. The first kappa shape index (κ1) is 14.7. The number of nitrogens with zero attached hydrogens (tertiary/aromatic N) is 3. The number of methoxy groups -OCH3 is 1. The summed E-state index contributed by atoms with van der Waals surface area (Å²) in [5.41, 5.74) is 0.854. The van der Waals surface area contributed by atoms with Crippen molar-refractivity contribution >= 4 is 5.91 Å². The van der Waals surface area contributed by atoms with Crippen LogP contribution >= 0.6 is 0 Å². The highest BCUT2D eigenvalue weighted by atomic mass is 16.5. The van der Waals surface area contributed by atoms with Crippen molar-refractivity contribution < 1.29 is 14.1 Å². The molecule has 2 heterocycles. The minimum absolute atomic E-state index is 0.0526. The van der Waals surface area contributed by atoms with E-state index in [2.05, 4.69) is 10.1 Å². The number of carbonyl (C=O) groups is 1. The maximum Gasteiger partial charge on any atom is 0.256 e. The number of likely N-dealkylation sites (tertiary alicyclic amines) is 1. The second kappa shape index (κ2) is 6.70. The fourth-order valence-corrected chi connectivity index (χ4v) is 2.95. The van der Waals surface area contributed by atoms with Crippen LogP contribution in [0.3, 0.4) is 0 Å². The molecule has 0 unspecified atom stereocenters. The van der Waals surface area contributed by atoms with E-state index in [1.807, 2.05) is 35.2 Å². The van der Waals surface area contributed by atoms with Crippen LogP contribution in [-0.2, 0) is 9.53 Å². The predicted octanol–water partition coefficient (Wildman–Crippen LogP) is 2.51. The fourth-order valence-electron chi connectivity index (χ4n) is 2.95. The molecule has 1 aromatic heterocycles. The van der Waals surface area contributed by atoms with Gasteiger partial charge in [-0.2, -0.15) is 4.98 Å². The third kappa shape index (κ3) is 2.87. The Bertz CT molecular complexity index is 600. The average Bonchev–Trinajstić information content (AvgIpc) is 3.11. The van der Waals surface area contributed by atoms with E-state index in [0.29, 0.717) is 12.4 Å². The molecule has 1 aliphatic heterocycles. The van der Waals surface area contributed by atoms with Gasteiger partial charge in [-0.25, -0.2) is 0 Å². The Balaban J connectivity index is 1.85. The monoisotopic (exact) mass is 301 g/mol. The second-order valence-electron chi connectivity index (χ2n) is 5.36. The lowest BCUT2D eigenvalue weighted by atomic mass is 9.99. The maximum absolute atomic E-state index is 13.0. The quantitative estimate of drug-likeness (QED) is 0.868. The summed E-state index contributed by atoms with van der Waals surface area (Å²) < 4.78 is 10.3. The van der Waals surface area contributed by atoms with Crippen LogP contribution in [0.15, 0.2) is 41.2 Å². The van der Waals surface area contributed by atoms with Crippen LogP contribution in [0.5, 0.6) is 0 Å². The first-order valence-corrected chi connectivity index (χ1v) is 7.45. The molecule has 116 valence electrons. The minimum atomic E-state index is -0.603. The van der Waals surface area contributed by atoms with E-state index < -0.39 is 6.10 Å². The van der Waals surface area contributed by atoms with Gasteiger partial charge in [-0.3, -0.25) is 4.79 Å². The van der Waals surface area contributed by atoms with Crippen LogP contribution in [0, 0.1) is 0 Å². The number of rotatable bonds is 4. The molecule has 0 radical (unpaired) electrons. The van der Waals surface area contributed by atoms with Crippen molar-refractivity contribution in [3.63, 3.8) is 0 Å². The van der Waals surface area contributed by atoms with E-state index in [9.17, 15) is 4.79 Å². The van der Waals surface area contributed by atoms with Gasteiger partial charge in [0.1, 0.15) is 0 Å². The predicted molar refractivity (Wildman–Crippen MR) is 78.8 cm³/mol. The van der Waals surface area contributed by atoms with Crippen molar-refractivity contribution in [3.8, 4) is 0 Å². The van der Waals surface area contributed by atoms with E-state index in [4.69, 9.17) is 9.26 Å². The van der Waals surface area contributed by atoms with Gasteiger partial charge in [0.15, 0.2) is 11.9 Å². The Morgan fingerprint density at radius 1 is 1.36 bits per heavy atom. The number of ether oxygens (including phenoxy) is 1. The highest BCUT2D eigenvalue weighted by Crippen LogP contribution is 2.32. The van der Waals surface area contributed by atoms with E-state index in [0.717, 1.165) is 24.8 Å². The smallest absolute Gasteiger partial charge is 0.256 e. The zero-order valence-electron chi connectivity index (χ0n) is 12.5. The summed E-state index contributed by atoms with van der Waals surface area (Å²) in [7, 11) is 1.56. The number of carbonyl (C=O) groups excluding carboxylic acids is 1. The number of aromatic nitrogens is 2. The molecule has 0 aliphatic carbocycles. The highest BCUT2D eigenvalue weighted by molar-refractivity contribution is 5.82. The Morgan fingerprint density at radius 3 is 2.86 bits per heavy atom. The van der Waals surface area contributed by atoms with Crippen molar-refractivity contribution in [3.05, 3.63) is 48.1 Å². The molecule has 0 bridgehead atoms. The zero-order chi connectivity index (χ0) is 15.4. The van der Waals surface area contributed by atoms with Crippen molar-refractivity contribution in [1.29, 1.82) is 0 Å². The minimum Gasteiger partial charge on any atom is -0.367 e. The molecular formula is C16H19N3O3. The van der Waals surface area contributed by atoms with Crippen molar-refractivity contribution in [1.82, 2.24) is 15.0 Å². The SMILES string of the molecule is CO[C@H](C(=O)N1CCCC[C@H]1c1ncon1)c1ccccc1. The van der Waals surface area contributed by atoms with Crippen LogP contribution in [0.4, 0.5) is 0 Å². The first-order chi connectivity index (χ1) is 10.8. The van der Waals surface area contributed by atoms with Crippen LogP contribution in [0.1, 0.15) is 42.8 Å². The first-order valence-electron chi connectivity index (χ1n) is 7.45. The molecule has 6 nitrogen and oxygen atoms in total. The maximum atomic E-state index is 13.0.